The summed E-state index contributed by atoms with van der Waals surface area (Å²) in [6.07, 6.45) is 3.23. The number of aliphatic hydroxyl groups is 1. The minimum absolute atomic E-state index is 0.0196. The van der Waals surface area contributed by atoms with Crippen LogP contribution in [0.15, 0.2) is 66.7 Å². The van der Waals surface area contributed by atoms with Gasteiger partial charge in [0.1, 0.15) is 24.7 Å². The summed E-state index contributed by atoms with van der Waals surface area (Å²) in [6, 6.07) is 20.1. The average molecular weight is 593 g/mol. The van der Waals surface area contributed by atoms with Gasteiger partial charge >= 0.3 is 5.97 Å². The highest BCUT2D eigenvalue weighted by molar-refractivity contribution is 5.94. The zero-order chi connectivity index (χ0) is 30.9. The van der Waals surface area contributed by atoms with E-state index in [1.54, 1.807) is 12.1 Å². The third kappa shape index (κ3) is 12.5. The standard InChI is InChI=1S/C34H44N2O7/c1-3-4-5-16-36-34(40)29-8-6-7-27(20-29)23-41-18-19-42-31-12-9-26(10-13-31)15-17-35-22-33(39)28-11-14-32(38)30(21-28)24-43-25(2)37/h6-14,20-21,33,35,38-39H,3-5,15-19,22-24H2,1-2H3,(H,36,40)/t33-/m0/s1. The number of hydrogen-bond acceptors (Lipinski definition) is 8. The molecule has 0 spiro atoms. The van der Waals surface area contributed by atoms with Gasteiger partial charge in [-0.25, -0.2) is 0 Å². The lowest BCUT2D eigenvalue weighted by Crippen LogP contribution is -2.24. The van der Waals surface area contributed by atoms with Gasteiger partial charge in [0.15, 0.2) is 0 Å². The van der Waals surface area contributed by atoms with Gasteiger partial charge in [-0.15, -0.1) is 0 Å². The van der Waals surface area contributed by atoms with Crippen molar-refractivity contribution < 1.29 is 34.0 Å². The molecular weight excluding hydrogens is 548 g/mol. The zero-order valence-corrected chi connectivity index (χ0v) is 25.1. The number of hydrogen-bond donors (Lipinski definition) is 4. The second-order valence-electron chi connectivity index (χ2n) is 10.3. The number of unbranched alkanes of at least 4 members (excludes halogenated alkanes) is 2. The molecule has 0 fully saturated rings. The van der Waals surface area contributed by atoms with Gasteiger partial charge in [-0.2, -0.15) is 0 Å². The summed E-state index contributed by atoms with van der Waals surface area (Å²) in [7, 11) is 0. The Balaban J connectivity index is 1.30. The van der Waals surface area contributed by atoms with Gasteiger partial charge in [-0.3, -0.25) is 9.59 Å². The molecule has 3 rings (SSSR count). The molecule has 1 atom stereocenters. The summed E-state index contributed by atoms with van der Waals surface area (Å²) in [6.45, 7) is 6.35. The molecule has 0 aliphatic heterocycles. The van der Waals surface area contributed by atoms with Gasteiger partial charge in [0.25, 0.3) is 5.91 Å². The monoisotopic (exact) mass is 592 g/mol. The molecule has 0 radical (unpaired) electrons. The van der Waals surface area contributed by atoms with Gasteiger partial charge in [-0.1, -0.05) is 50.1 Å². The Labute approximate surface area is 254 Å². The van der Waals surface area contributed by atoms with E-state index in [-0.39, 0.29) is 18.3 Å². The van der Waals surface area contributed by atoms with Crippen LogP contribution >= 0.6 is 0 Å². The Hall–Kier alpha value is -3.92. The number of phenols is 1. The van der Waals surface area contributed by atoms with Crippen molar-refractivity contribution in [1.82, 2.24) is 10.6 Å². The first-order valence-electron chi connectivity index (χ1n) is 14.9. The lowest BCUT2D eigenvalue weighted by molar-refractivity contribution is -0.142. The smallest absolute Gasteiger partial charge is 0.302 e. The number of rotatable bonds is 19. The van der Waals surface area contributed by atoms with Crippen molar-refractivity contribution in [3.8, 4) is 11.5 Å². The summed E-state index contributed by atoms with van der Waals surface area (Å²) < 4.78 is 16.5. The van der Waals surface area contributed by atoms with E-state index in [9.17, 15) is 19.8 Å². The van der Waals surface area contributed by atoms with E-state index in [1.807, 2.05) is 48.5 Å². The van der Waals surface area contributed by atoms with E-state index in [4.69, 9.17) is 14.2 Å². The van der Waals surface area contributed by atoms with E-state index in [2.05, 4.69) is 17.6 Å². The first-order chi connectivity index (χ1) is 20.9. The number of esters is 1. The molecule has 0 aliphatic rings. The topological polar surface area (TPSA) is 126 Å². The Morgan fingerprint density at radius 2 is 1.72 bits per heavy atom. The van der Waals surface area contributed by atoms with Crippen LogP contribution in [0.2, 0.25) is 0 Å². The van der Waals surface area contributed by atoms with Crippen LogP contribution in [0, 0.1) is 0 Å². The molecule has 43 heavy (non-hydrogen) atoms. The molecule has 0 saturated heterocycles. The average Bonchev–Trinajstić information content (AvgIpc) is 3.01. The second-order valence-corrected chi connectivity index (χ2v) is 10.3. The van der Waals surface area contributed by atoms with Crippen LogP contribution in [-0.2, 0) is 33.9 Å². The van der Waals surface area contributed by atoms with E-state index >= 15 is 0 Å². The highest BCUT2D eigenvalue weighted by Crippen LogP contribution is 2.23. The molecule has 0 bridgehead atoms. The van der Waals surface area contributed by atoms with Crippen molar-refractivity contribution in [3.63, 3.8) is 0 Å². The molecule has 3 aromatic carbocycles. The van der Waals surface area contributed by atoms with E-state index in [0.29, 0.717) is 56.1 Å². The van der Waals surface area contributed by atoms with Crippen molar-refractivity contribution in [2.24, 2.45) is 0 Å². The first-order valence-corrected chi connectivity index (χ1v) is 14.9. The number of benzene rings is 3. The van der Waals surface area contributed by atoms with Crippen LogP contribution in [0.5, 0.6) is 11.5 Å². The Kier molecular flexibility index (Phi) is 14.5. The second kappa shape index (κ2) is 18.6. The largest absolute Gasteiger partial charge is 0.508 e. The number of aromatic hydroxyl groups is 1. The quantitative estimate of drug-likeness (QED) is 0.115. The molecule has 0 aromatic heterocycles. The van der Waals surface area contributed by atoms with Crippen LogP contribution < -0.4 is 15.4 Å². The predicted molar refractivity (Wildman–Crippen MR) is 165 cm³/mol. The number of carbonyl (C=O) groups is 2. The van der Waals surface area contributed by atoms with Crippen molar-refractivity contribution in [2.45, 2.75) is 58.8 Å². The number of phenolic OH excluding ortho intramolecular Hbond substituents is 1. The fourth-order valence-electron chi connectivity index (χ4n) is 4.34. The number of nitrogens with one attached hydrogen (secondary N) is 2. The molecular formula is C34H44N2O7. The highest BCUT2D eigenvalue weighted by atomic mass is 16.5. The molecule has 9 nitrogen and oxygen atoms in total. The predicted octanol–water partition coefficient (Wildman–Crippen LogP) is 4.84. The molecule has 232 valence electrons. The molecule has 0 heterocycles. The van der Waals surface area contributed by atoms with Crippen LogP contribution in [0.1, 0.15) is 71.8 Å². The molecule has 0 aliphatic carbocycles. The van der Waals surface area contributed by atoms with E-state index in [1.165, 1.54) is 13.0 Å². The van der Waals surface area contributed by atoms with E-state index < -0.39 is 12.1 Å². The summed E-state index contributed by atoms with van der Waals surface area (Å²) in [5.74, 6) is 0.287. The summed E-state index contributed by atoms with van der Waals surface area (Å²) >= 11 is 0. The SMILES string of the molecule is CCCCCNC(=O)c1cccc(COCCOc2ccc(CCNC[C@H](O)c3ccc(O)c(COC(C)=O)c3)cc2)c1. The first kappa shape index (κ1) is 33.6. The minimum Gasteiger partial charge on any atom is -0.508 e. The maximum absolute atomic E-state index is 12.3. The molecule has 0 saturated carbocycles. The van der Waals surface area contributed by atoms with Gasteiger partial charge in [0.2, 0.25) is 0 Å². The Morgan fingerprint density at radius 3 is 2.49 bits per heavy atom. The summed E-state index contributed by atoms with van der Waals surface area (Å²) in [5, 5.41) is 26.7. The Morgan fingerprint density at radius 1 is 0.907 bits per heavy atom. The molecule has 4 N–H and O–H groups in total. The van der Waals surface area contributed by atoms with Crippen molar-refractivity contribution in [2.75, 3.05) is 32.8 Å². The highest BCUT2D eigenvalue weighted by Gasteiger charge is 2.12. The maximum Gasteiger partial charge on any atom is 0.302 e. The fourth-order valence-corrected chi connectivity index (χ4v) is 4.34. The fraction of sp³-hybridized carbons (Fsp3) is 0.412. The number of amides is 1. The van der Waals surface area contributed by atoms with Crippen LogP contribution in [0.25, 0.3) is 0 Å². The normalized spacial score (nSPS) is 11.6. The lowest BCUT2D eigenvalue weighted by atomic mass is 10.1. The third-order valence-corrected chi connectivity index (χ3v) is 6.79. The van der Waals surface area contributed by atoms with Crippen LogP contribution in [-0.4, -0.2) is 54.9 Å². The van der Waals surface area contributed by atoms with Crippen molar-refractivity contribution in [3.05, 3.63) is 94.5 Å². The van der Waals surface area contributed by atoms with Crippen molar-refractivity contribution in [1.29, 1.82) is 0 Å². The van der Waals surface area contributed by atoms with Gasteiger partial charge in [-0.05, 0) is 72.5 Å². The molecule has 9 heteroatoms. The van der Waals surface area contributed by atoms with Gasteiger partial charge < -0.3 is 35.1 Å². The summed E-state index contributed by atoms with van der Waals surface area (Å²) in [4.78, 5) is 23.4. The van der Waals surface area contributed by atoms with E-state index in [0.717, 1.165) is 42.6 Å². The minimum atomic E-state index is -0.765. The van der Waals surface area contributed by atoms with Crippen molar-refractivity contribution >= 4 is 11.9 Å². The van der Waals surface area contributed by atoms with Gasteiger partial charge in [0, 0.05) is 31.1 Å². The number of aliphatic hydroxyl groups excluding tert-OH is 1. The zero-order valence-electron chi connectivity index (χ0n) is 25.1. The van der Waals surface area contributed by atoms with Crippen LogP contribution in [0.3, 0.4) is 0 Å². The summed E-state index contributed by atoms with van der Waals surface area (Å²) in [5.41, 5.74) is 3.80. The molecule has 1 amide bonds. The van der Waals surface area contributed by atoms with Gasteiger partial charge in [0.05, 0.1) is 19.3 Å². The molecule has 0 unspecified atom stereocenters. The number of ether oxygens (including phenoxy) is 3. The van der Waals surface area contributed by atoms with Crippen LogP contribution in [0.4, 0.5) is 0 Å². The lowest BCUT2D eigenvalue weighted by Gasteiger charge is -2.14. The third-order valence-electron chi connectivity index (χ3n) is 6.79. The molecule has 3 aromatic rings. The maximum atomic E-state index is 12.3. The Bertz CT molecular complexity index is 1280. The number of carbonyl (C=O) groups excluding carboxylic acids is 2.